The van der Waals surface area contributed by atoms with Gasteiger partial charge >= 0.3 is 0 Å². The van der Waals surface area contributed by atoms with Crippen LogP contribution < -0.4 is 5.73 Å². The zero-order chi connectivity index (χ0) is 21.9. The van der Waals surface area contributed by atoms with Crippen molar-refractivity contribution in [3.05, 3.63) is 41.3 Å². The Bertz CT molecular complexity index is 1160. The Labute approximate surface area is 179 Å². The first-order valence-electron chi connectivity index (χ1n) is 10.6. The number of nitrogens with zero attached hydrogens (tertiary/aromatic N) is 4. The first-order valence-corrected chi connectivity index (χ1v) is 10.6. The Morgan fingerprint density at radius 1 is 1.42 bits per heavy atom. The molecule has 4 unspecified atom stereocenters. The van der Waals surface area contributed by atoms with Crippen LogP contribution in [-0.2, 0) is 4.74 Å². The average Bonchev–Trinajstić information content (AvgIpc) is 3.31. The second-order valence-corrected chi connectivity index (χ2v) is 9.42. The topological polar surface area (TPSA) is 94.3 Å². The molecule has 2 aromatic rings. The maximum atomic E-state index is 14.2. The molecule has 2 N–H and O–H groups in total. The molecule has 0 aromatic carbocycles. The number of rotatable bonds is 5. The summed E-state index contributed by atoms with van der Waals surface area (Å²) in [6, 6.07) is 1.88. The summed E-state index contributed by atoms with van der Waals surface area (Å²) in [7, 11) is 1.40. The van der Waals surface area contributed by atoms with Crippen LogP contribution in [0.5, 0.6) is 0 Å². The van der Waals surface area contributed by atoms with Gasteiger partial charge in [0, 0.05) is 31.0 Å². The van der Waals surface area contributed by atoms with E-state index in [1.807, 2.05) is 18.5 Å². The van der Waals surface area contributed by atoms with Gasteiger partial charge < -0.3 is 10.5 Å². The van der Waals surface area contributed by atoms with Crippen molar-refractivity contribution in [3.63, 3.8) is 0 Å². The molecule has 4 atom stereocenters. The van der Waals surface area contributed by atoms with Crippen LogP contribution in [-0.4, -0.2) is 35.1 Å². The molecule has 2 aromatic heterocycles. The third-order valence-electron chi connectivity index (χ3n) is 7.29. The molecule has 8 heteroatoms. The van der Waals surface area contributed by atoms with E-state index in [1.54, 1.807) is 10.7 Å². The van der Waals surface area contributed by atoms with E-state index >= 15 is 0 Å². The maximum Gasteiger partial charge on any atom is 0.252 e. The molecule has 31 heavy (non-hydrogen) atoms. The van der Waals surface area contributed by atoms with Crippen molar-refractivity contribution in [1.82, 2.24) is 9.61 Å². The largest absolute Gasteiger partial charge is 0.479 e. The number of methoxy groups -OCH3 is 1. The Morgan fingerprint density at radius 3 is 2.87 bits per heavy atom. The van der Waals surface area contributed by atoms with E-state index in [-0.39, 0.29) is 29.2 Å². The molecule has 5 rings (SSSR count). The smallest absolute Gasteiger partial charge is 0.252 e. The van der Waals surface area contributed by atoms with Gasteiger partial charge in [0.25, 0.3) is 5.91 Å². The van der Waals surface area contributed by atoms with Gasteiger partial charge in [0.2, 0.25) is 5.88 Å². The summed E-state index contributed by atoms with van der Waals surface area (Å²) in [5.74, 6) is 0.712. The first kappa shape index (κ1) is 19.9. The number of nitrogens with two attached hydrogens (primary N) is 1. The Kier molecular flexibility index (Phi) is 4.50. The highest BCUT2D eigenvalue weighted by molar-refractivity contribution is 6.01. The van der Waals surface area contributed by atoms with Crippen LogP contribution in [0.4, 0.5) is 10.1 Å². The van der Waals surface area contributed by atoms with Crippen molar-refractivity contribution in [2.75, 3.05) is 7.11 Å². The van der Waals surface area contributed by atoms with Crippen LogP contribution in [0.2, 0.25) is 0 Å². The third-order valence-corrected chi connectivity index (χ3v) is 7.29. The fraction of sp³-hybridized carbons (Fsp3) is 0.478. The van der Waals surface area contributed by atoms with Crippen molar-refractivity contribution < 1.29 is 13.9 Å². The second kappa shape index (κ2) is 7.00. The molecule has 0 bridgehead atoms. The summed E-state index contributed by atoms with van der Waals surface area (Å²) < 4.78 is 20.8. The van der Waals surface area contributed by atoms with Crippen LogP contribution in [0.1, 0.15) is 54.9 Å². The molecule has 2 saturated carbocycles. The van der Waals surface area contributed by atoms with Crippen LogP contribution in [0, 0.1) is 23.2 Å². The molecular formula is C23H26FN5O2. The fourth-order valence-corrected chi connectivity index (χ4v) is 5.25. The summed E-state index contributed by atoms with van der Waals surface area (Å²) in [5, 5.41) is 4.32. The molecule has 2 fully saturated rings. The number of carbonyl (C=O) groups excluding carboxylic acids is 1. The van der Waals surface area contributed by atoms with Gasteiger partial charge in [-0.25, -0.2) is 13.9 Å². The lowest BCUT2D eigenvalue weighted by molar-refractivity contribution is 0.100. The summed E-state index contributed by atoms with van der Waals surface area (Å²) in [6.07, 6.45) is 9.51. The lowest BCUT2D eigenvalue weighted by atomic mass is 9.78. The summed E-state index contributed by atoms with van der Waals surface area (Å²) in [4.78, 5) is 20.9. The first-order chi connectivity index (χ1) is 14.8. The summed E-state index contributed by atoms with van der Waals surface area (Å²) in [6.45, 7) is 4.60. The summed E-state index contributed by atoms with van der Waals surface area (Å²) >= 11 is 0. The lowest BCUT2D eigenvalue weighted by Crippen LogP contribution is -2.23. The average molecular weight is 423 g/mol. The molecular weight excluding hydrogens is 397 g/mol. The maximum absolute atomic E-state index is 14.2. The zero-order valence-corrected chi connectivity index (χ0v) is 17.9. The number of hydrogen-bond donors (Lipinski definition) is 1. The molecule has 0 spiro atoms. The monoisotopic (exact) mass is 423 g/mol. The number of fused-ring (bicyclic) bond motifs is 2. The number of carbonyl (C=O) groups is 1. The number of aromatic nitrogens is 2. The number of primary amides is 1. The third kappa shape index (κ3) is 3.25. The quantitative estimate of drug-likeness (QED) is 0.732. The highest BCUT2D eigenvalue weighted by Gasteiger charge is 2.57. The zero-order valence-electron chi connectivity index (χ0n) is 17.9. The normalized spacial score (nSPS) is 29.0. The van der Waals surface area contributed by atoms with E-state index in [0.29, 0.717) is 17.1 Å². The van der Waals surface area contributed by atoms with E-state index in [2.05, 4.69) is 23.9 Å². The second-order valence-electron chi connectivity index (χ2n) is 9.42. The number of hydrogen-bond acceptors (Lipinski definition) is 5. The predicted molar refractivity (Wildman–Crippen MR) is 116 cm³/mol. The van der Waals surface area contributed by atoms with Crippen molar-refractivity contribution in [3.8, 4) is 0 Å². The number of ether oxygens (including phenoxy) is 1. The molecule has 0 radical (unpaired) electrons. The Morgan fingerprint density at radius 2 is 2.23 bits per heavy atom. The Hall–Kier alpha value is -3.03. The van der Waals surface area contributed by atoms with Crippen molar-refractivity contribution >= 4 is 29.5 Å². The van der Waals surface area contributed by atoms with Gasteiger partial charge in [0.15, 0.2) is 5.83 Å². The van der Waals surface area contributed by atoms with Gasteiger partial charge in [0.1, 0.15) is 5.69 Å². The predicted octanol–water partition coefficient (Wildman–Crippen LogP) is 4.16. The molecule has 0 saturated heterocycles. The molecule has 3 heterocycles. The fourth-order valence-electron chi connectivity index (χ4n) is 5.25. The Balaban J connectivity index is 1.52. The minimum Gasteiger partial charge on any atom is -0.479 e. The highest BCUT2D eigenvalue weighted by Crippen LogP contribution is 2.64. The minimum absolute atomic E-state index is 0.0108. The van der Waals surface area contributed by atoms with E-state index in [0.717, 1.165) is 23.8 Å². The molecule has 7 nitrogen and oxygen atoms in total. The van der Waals surface area contributed by atoms with Crippen LogP contribution in [0.25, 0.3) is 5.52 Å². The van der Waals surface area contributed by atoms with E-state index < -0.39 is 11.7 Å². The van der Waals surface area contributed by atoms with Gasteiger partial charge in [-0.1, -0.05) is 13.8 Å². The van der Waals surface area contributed by atoms with Gasteiger partial charge in [-0.15, -0.1) is 0 Å². The van der Waals surface area contributed by atoms with Crippen LogP contribution >= 0.6 is 0 Å². The summed E-state index contributed by atoms with van der Waals surface area (Å²) in [5.41, 5.74) is 8.11. The van der Waals surface area contributed by atoms with Gasteiger partial charge in [-0.3, -0.25) is 9.79 Å². The van der Waals surface area contributed by atoms with E-state index in [1.165, 1.54) is 19.7 Å². The van der Waals surface area contributed by atoms with Gasteiger partial charge in [0.05, 0.1) is 24.4 Å². The van der Waals surface area contributed by atoms with E-state index in [4.69, 9.17) is 15.5 Å². The van der Waals surface area contributed by atoms with Gasteiger partial charge in [-0.05, 0) is 47.6 Å². The minimum atomic E-state index is -0.573. The lowest BCUT2D eigenvalue weighted by Gasteiger charge is -2.27. The van der Waals surface area contributed by atoms with Crippen molar-refractivity contribution in [2.24, 2.45) is 38.9 Å². The molecule has 2 aliphatic carbocycles. The molecule has 3 aliphatic rings. The van der Waals surface area contributed by atoms with Gasteiger partial charge in [-0.2, -0.15) is 5.10 Å². The molecule has 162 valence electrons. The standard InChI is InChI=1S/C23H26FN5O2/c1-23(2)15(4-12-5-17(12)23)9-26-20-16(21(25)30)10-28-29-11-14(7-19(20)29)13-6-18(24)22(31-3)27-8-13/h7-13,15,17H,4-6H2,1-3H3,(H2,25,30). The molecule has 1 amide bonds. The number of aliphatic imine (C=N–C) groups is 2. The van der Waals surface area contributed by atoms with Crippen LogP contribution in [0.15, 0.2) is 40.2 Å². The number of allylic oxidation sites excluding steroid dienone is 1. The highest BCUT2D eigenvalue weighted by atomic mass is 19.1. The van der Waals surface area contributed by atoms with E-state index in [9.17, 15) is 9.18 Å². The molecule has 1 aliphatic heterocycles. The van der Waals surface area contributed by atoms with Crippen LogP contribution in [0.3, 0.4) is 0 Å². The SMILES string of the molecule is COC1=C(F)CC(c2cc3c(N=CC4CC5CC5C4(C)C)c(C(N)=O)cnn3c2)C=N1. The van der Waals surface area contributed by atoms with Crippen molar-refractivity contribution in [2.45, 2.75) is 39.0 Å². The van der Waals surface area contributed by atoms with Crippen molar-refractivity contribution in [1.29, 1.82) is 0 Å². The number of halogens is 1. The number of amides is 1.